The van der Waals surface area contributed by atoms with Gasteiger partial charge in [0.25, 0.3) is 0 Å². The van der Waals surface area contributed by atoms with Crippen molar-refractivity contribution in [2.24, 2.45) is 11.1 Å². The summed E-state index contributed by atoms with van der Waals surface area (Å²) in [5, 5.41) is 14.1. The highest BCUT2D eigenvalue weighted by molar-refractivity contribution is 5.96. The van der Waals surface area contributed by atoms with Gasteiger partial charge in [0.2, 0.25) is 5.91 Å². The van der Waals surface area contributed by atoms with E-state index in [2.05, 4.69) is 10.6 Å². The van der Waals surface area contributed by atoms with E-state index in [-0.39, 0.29) is 12.1 Å². The number of carbonyl (C=O) groups is 3. The lowest BCUT2D eigenvalue weighted by Crippen LogP contribution is -2.42. The van der Waals surface area contributed by atoms with Crippen LogP contribution in [0.4, 0.5) is 10.5 Å². The van der Waals surface area contributed by atoms with Crippen LogP contribution in [0.3, 0.4) is 0 Å². The zero-order chi connectivity index (χ0) is 16.0. The van der Waals surface area contributed by atoms with Gasteiger partial charge in [0, 0.05) is 17.8 Å². The molecule has 1 aromatic carbocycles. The van der Waals surface area contributed by atoms with E-state index >= 15 is 0 Å². The average Bonchev–Trinajstić information content (AvgIpc) is 2.44. The summed E-state index contributed by atoms with van der Waals surface area (Å²) in [7, 11) is 0. The molecule has 0 heterocycles. The molecule has 0 radical (unpaired) electrons. The van der Waals surface area contributed by atoms with Crippen LogP contribution in [0, 0.1) is 5.41 Å². The number of nitrogens with one attached hydrogen (secondary N) is 2. The van der Waals surface area contributed by atoms with Crippen molar-refractivity contribution in [3.8, 4) is 0 Å². The molecule has 0 bridgehead atoms. The van der Waals surface area contributed by atoms with Gasteiger partial charge in [-0.3, -0.25) is 9.59 Å². The molecular weight excluding hydrogens is 274 g/mol. The summed E-state index contributed by atoms with van der Waals surface area (Å²) in [6.07, 6.45) is 0.389. The van der Waals surface area contributed by atoms with Gasteiger partial charge in [0.05, 0.1) is 5.41 Å². The largest absolute Gasteiger partial charge is 0.481 e. The van der Waals surface area contributed by atoms with Crippen LogP contribution in [0.15, 0.2) is 24.3 Å². The Labute approximate surface area is 122 Å². The molecule has 7 nitrogen and oxygen atoms in total. The van der Waals surface area contributed by atoms with Gasteiger partial charge in [0.15, 0.2) is 0 Å². The van der Waals surface area contributed by atoms with Crippen molar-refractivity contribution in [3.63, 3.8) is 0 Å². The van der Waals surface area contributed by atoms with Gasteiger partial charge in [-0.1, -0.05) is 13.0 Å². The van der Waals surface area contributed by atoms with Crippen molar-refractivity contribution < 1.29 is 19.5 Å². The number of hydrogen-bond donors (Lipinski definition) is 4. The van der Waals surface area contributed by atoms with Crippen LogP contribution in [0.25, 0.3) is 0 Å². The Kier molecular flexibility index (Phi) is 5.29. The Balaban J connectivity index is 2.64. The van der Waals surface area contributed by atoms with Crippen molar-refractivity contribution in [2.45, 2.75) is 20.3 Å². The second-order valence-electron chi connectivity index (χ2n) is 4.97. The maximum Gasteiger partial charge on any atom is 0.319 e. The Bertz CT molecular complexity index is 559. The highest BCUT2D eigenvalue weighted by Crippen LogP contribution is 2.20. The SMILES string of the molecule is CCC(C)(CNC(=O)Nc1cccc(C(N)=O)c1)C(=O)O. The molecule has 1 rings (SSSR count). The van der Waals surface area contributed by atoms with Gasteiger partial charge in [-0.25, -0.2) is 4.79 Å². The topological polar surface area (TPSA) is 122 Å². The molecule has 0 aliphatic rings. The van der Waals surface area contributed by atoms with Gasteiger partial charge < -0.3 is 21.5 Å². The number of hydrogen-bond acceptors (Lipinski definition) is 3. The first kappa shape index (κ1) is 16.5. The fourth-order valence-electron chi connectivity index (χ4n) is 1.55. The maximum absolute atomic E-state index is 11.7. The smallest absolute Gasteiger partial charge is 0.319 e. The molecule has 114 valence electrons. The fourth-order valence-corrected chi connectivity index (χ4v) is 1.55. The first-order valence-electron chi connectivity index (χ1n) is 6.46. The first-order chi connectivity index (χ1) is 9.78. The predicted octanol–water partition coefficient (Wildman–Crippen LogP) is 1.41. The number of amides is 3. The van der Waals surface area contributed by atoms with Crippen LogP contribution < -0.4 is 16.4 Å². The third-order valence-electron chi connectivity index (χ3n) is 3.34. The van der Waals surface area contributed by atoms with E-state index in [9.17, 15) is 14.4 Å². The minimum absolute atomic E-state index is 0.000175. The van der Waals surface area contributed by atoms with Crippen LogP contribution >= 0.6 is 0 Å². The Morgan fingerprint density at radius 1 is 1.33 bits per heavy atom. The van der Waals surface area contributed by atoms with Crippen molar-refractivity contribution in [3.05, 3.63) is 29.8 Å². The van der Waals surface area contributed by atoms with Crippen molar-refractivity contribution in [1.82, 2.24) is 5.32 Å². The molecule has 0 aliphatic heterocycles. The fraction of sp³-hybridized carbons (Fsp3) is 0.357. The molecule has 1 aromatic rings. The number of benzene rings is 1. The lowest BCUT2D eigenvalue weighted by atomic mass is 9.88. The molecule has 5 N–H and O–H groups in total. The molecule has 0 saturated heterocycles. The lowest BCUT2D eigenvalue weighted by molar-refractivity contribution is -0.147. The lowest BCUT2D eigenvalue weighted by Gasteiger charge is -2.23. The molecule has 1 unspecified atom stereocenters. The van der Waals surface area contributed by atoms with Crippen molar-refractivity contribution in [1.29, 1.82) is 0 Å². The van der Waals surface area contributed by atoms with Crippen LogP contribution in [0.5, 0.6) is 0 Å². The Hall–Kier alpha value is -2.57. The second kappa shape index (κ2) is 6.74. The molecule has 0 saturated carbocycles. The summed E-state index contributed by atoms with van der Waals surface area (Å²) >= 11 is 0. The zero-order valence-corrected chi connectivity index (χ0v) is 12.0. The van der Waals surface area contributed by atoms with Crippen LogP contribution in [0.1, 0.15) is 30.6 Å². The maximum atomic E-state index is 11.7. The number of aliphatic carboxylic acids is 1. The summed E-state index contributed by atoms with van der Waals surface area (Å²) in [5.41, 5.74) is 4.80. The molecule has 0 aliphatic carbocycles. The Morgan fingerprint density at radius 3 is 2.52 bits per heavy atom. The number of anilines is 1. The molecule has 21 heavy (non-hydrogen) atoms. The van der Waals surface area contributed by atoms with Crippen molar-refractivity contribution in [2.75, 3.05) is 11.9 Å². The molecule has 1 atom stereocenters. The van der Waals surface area contributed by atoms with Crippen molar-refractivity contribution >= 4 is 23.6 Å². The minimum atomic E-state index is -1.02. The van der Waals surface area contributed by atoms with Crippen LogP contribution in [0.2, 0.25) is 0 Å². The monoisotopic (exact) mass is 293 g/mol. The summed E-state index contributed by atoms with van der Waals surface area (Å²) in [4.78, 5) is 33.9. The van der Waals surface area contributed by atoms with E-state index in [0.29, 0.717) is 12.1 Å². The number of rotatable bonds is 6. The van der Waals surface area contributed by atoms with Gasteiger partial charge in [0.1, 0.15) is 0 Å². The molecule has 0 aromatic heterocycles. The van der Waals surface area contributed by atoms with Crippen LogP contribution in [-0.2, 0) is 4.79 Å². The average molecular weight is 293 g/mol. The van der Waals surface area contributed by atoms with Gasteiger partial charge >= 0.3 is 12.0 Å². The second-order valence-corrected chi connectivity index (χ2v) is 4.97. The summed E-state index contributed by atoms with van der Waals surface area (Å²) in [6, 6.07) is 5.62. The highest BCUT2D eigenvalue weighted by atomic mass is 16.4. The van der Waals surface area contributed by atoms with Crippen LogP contribution in [-0.4, -0.2) is 29.6 Å². The standard InChI is InChI=1S/C14H19N3O4/c1-3-14(2,12(19)20)8-16-13(21)17-10-6-4-5-9(7-10)11(15)18/h4-7H,3,8H2,1-2H3,(H2,15,18)(H,19,20)(H2,16,17,21). The zero-order valence-electron chi connectivity index (χ0n) is 12.0. The number of urea groups is 1. The summed E-state index contributed by atoms with van der Waals surface area (Å²) < 4.78 is 0. The Morgan fingerprint density at radius 2 is 2.00 bits per heavy atom. The van der Waals surface area contributed by atoms with E-state index in [1.165, 1.54) is 12.1 Å². The molecular formula is C14H19N3O4. The third-order valence-corrected chi connectivity index (χ3v) is 3.34. The van der Waals surface area contributed by atoms with Gasteiger partial charge in [-0.15, -0.1) is 0 Å². The number of primary amides is 1. The molecule has 0 fully saturated rings. The summed E-state index contributed by atoms with van der Waals surface area (Å²) in [6.45, 7) is 3.30. The minimum Gasteiger partial charge on any atom is -0.481 e. The van der Waals surface area contributed by atoms with Gasteiger partial charge in [-0.2, -0.15) is 0 Å². The molecule has 0 spiro atoms. The third kappa shape index (κ3) is 4.48. The number of carbonyl (C=O) groups excluding carboxylic acids is 2. The van der Waals surface area contributed by atoms with E-state index in [1.54, 1.807) is 26.0 Å². The normalized spacial score (nSPS) is 13.0. The summed E-state index contributed by atoms with van der Waals surface area (Å²) in [5.74, 6) is -1.57. The van der Waals surface area contributed by atoms with E-state index in [4.69, 9.17) is 10.8 Å². The first-order valence-corrected chi connectivity index (χ1v) is 6.46. The van der Waals surface area contributed by atoms with E-state index in [1.807, 2.05) is 0 Å². The van der Waals surface area contributed by atoms with E-state index in [0.717, 1.165) is 0 Å². The molecule has 7 heteroatoms. The number of carboxylic acid groups (broad SMARTS) is 1. The number of nitrogens with two attached hydrogens (primary N) is 1. The van der Waals surface area contributed by atoms with E-state index < -0.39 is 23.3 Å². The highest BCUT2D eigenvalue weighted by Gasteiger charge is 2.31. The van der Waals surface area contributed by atoms with Gasteiger partial charge in [-0.05, 0) is 31.5 Å². The number of carboxylic acids is 1. The molecule has 3 amide bonds. The predicted molar refractivity (Wildman–Crippen MR) is 78.0 cm³/mol. The quantitative estimate of drug-likeness (QED) is 0.633.